The fourth-order valence-corrected chi connectivity index (χ4v) is 3.23. The van der Waals surface area contributed by atoms with Crippen molar-refractivity contribution >= 4 is 11.4 Å². The summed E-state index contributed by atoms with van der Waals surface area (Å²) in [5.41, 5.74) is 9.17. The Morgan fingerprint density at radius 1 is 1.09 bits per heavy atom. The fraction of sp³-hybridized carbons (Fsp3) is 0.333. The smallest absolute Gasteiger partial charge is 0.399 e. The van der Waals surface area contributed by atoms with Crippen molar-refractivity contribution in [3.63, 3.8) is 0 Å². The lowest BCUT2D eigenvalue weighted by Gasteiger charge is -2.21. The van der Waals surface area contributed by atoms with Gasteiger partial charge in [0, 0.05) is 30.4 Å². The van der Waals surface area contributed by atoms with Gasteiger partial charge in [0.2, 0.25) is 0 Å². The zero-order valence-electron chi connectivity index (χ0n) is 12.9. The van der Waals surface area contributed by atoms with Crippen LogP contribution < -0.4 is 10.6 Å². The zero-order chi connectivity index (χ0) is 16.6. The molecule has 0 amide bonds. The number of alkyl halides is 3. The molecule has 0 aliphatic carbocycles. The Morgan fingerprint density at radius 3 is 2.39 bits per heavy atom. The van der Waals surface area contributed by atoms with Crippen LogP contribution in [0.25, 0.3) is 0 Å². The SMILES string of the molecule is Cc1cc(N)ccc1N1CCC(c2ccc(C(F)(F)F)cc2)C1. The van der Waals surface area contributed by atoms with Crippen molar-refractivity contribution in [1.82, 2.24) is 0 Å². The van der Waals surface area contributed by atoms with Crippen LogP contribution >= 0.6 is 0 Å². The molecular formula is C18H19F3N2. The van der Waals surface area contributed by atoms with Crippen molar-refractivity contribution < 1.29 is 13.2 Å². The van der Waals surface area contributed by atoms with Gasteiger partial charge in [-0.25, -0.2) is 0 Å². The molecule has 2 N–H and O–H groups in total. The van der Waals surface area contributed by atoms with Gasteiger partial charge in [-0.05, 0) is 54.8 Å². The summed E-state index contributed by atoms with van der Waals surface area (Å²) in [4.78, 5) is 2.27. The third-order valence-electron chi connectivity index (χ3n) is 4.46. The van der Waals surface area contributed by atoms with Crippen LogP contribution in [0.1, 0.15) is 29.0 Å². The Kier molecular flexibility index (Phi) is 3.96. The van der Waals surface area contributed by atoms with Crippen LogP contribution in [0.5, 0.6) is 0 Å². The van der Waals surface area contributed by atoms with E-state index in [0.29, 0.717) is 0 Å². The minimum Gasteiger partial charge on any atom is -0.399 e. The number of hydrogen-bond donors (Lipinski definition) is 1. The number of aryl methyl sites for hydroxylation is 1. The molecule has 1 aliphatic heterocycles. The van der Waals surface area contributed by atoms with Crippen molar-refractivity contribution in [2.75, 3.05) is 23.7 Å². The lowest BCUT2D eigenvalue weighted by atomic mass is 9.97. The molecule has 2 aromatic carbocycles. The van der Waals surface area contributed by atoms with Gasteiger partial charge in [-0.15, -0.1) is 0 Å². The lowest BCUT2D eigenvalue weighted by Crippen LogP contribution is -2.20. The minimum atomic E-state index is -4.28. The second kappa shape index (κ2) is 5.80. The summed E-state index contributed by atoms with van der Waals surface area (Å²) in [5, 5.41) is 0. The highest BCUT2D eigenvalue weighted by molar-refractivity contribution is 5.60. The van der Waals surface area contributed by atoms with Crippen LogP contribution in [-0.4, -0.2) is 13.1 Å². The van der Waals surface area contributed by atoms with Gasteiger partial charge >= 0.3 is 6.18 Å². The summed E-state index contributed by atoms with van der Waals surface area (Å²) in [7, 11) is 0. The molecule has 0 bridgehead atoms. The van der Waals surface area contributed by atoms with Crippen LogP contribution in [0.4, 0.5) is 24.5 Å². The molecule has 1 atom stereocenters. The predicted molar refractivity (Wildman–Crippen MR) is 86.6 cm³/mol. The lowest BCUT2D eigenvalue weighted by molar-refractivity contribution is -0.137. The molecule has 122 valence electrons. The van der Waals surface area contributed by atoms with Gasteiger partial charge < -0.3 is 10.6 Å². The van der Waals surface area contributed by atoms with E-state index in [1.54, 1.807) is 12.1 Å². The van der Waals surface area contributed by atoms with Crippen molar-refractivity contribution in [3.8, 4) is 0 Å². The average molecular weight is 320 g/mol. The first-order valence-electron chi connectivity index (χ1n) is 7.63. The highest BCUT2D eigenvalue weighted by atomic mass is 19.4. The maximum atomic E-state index is 12.6. The van der Waals surface area contributed by atoms with Crippen molar-refractivity contribution in [2.24, 2.45) is 0 Å². The van der Waals surface area contributed by atoms with Crippen molar-refractivity contribution in [2.45, 2.75) is 25.4 Å². The monoisotopic (exact) mass is 320 g/mol. The van der Waals surface area contributed by atoms with Gasteiger partial charge in [0.05, 0.1) is 5.56 Å². The maximum absolute atomic E-state index is 12.6. The summed E-state index contributed by atoms with van der Waals surface area (Å²) in [6.07, 6.45) is -3.34. The third kappa shape index (κ3) is 3.28. The molecule has 5 heteroatoms. The number of nitrogen functional groups attached to an aromatic ring is 1. The Hall–Kier alpha value is -2.17. The van der Waals surface area contributed by atoms with E-state index in [4.69, 9.17) is 5.73 Å². The van der Waals surface area contributed by atoms with E-state index < -0.39 is 11.7 Å². The number of benzene rings is 2. The van der Waals surface area contributed by atoms with Crippen LogP contribution in [0.2, 0.25) is 0 Å². The number of rotatable bonds is 2. The van der Waals surface area contributed by atoms with Gasteiger partial charge in [-0.2, -0.15) is 13.2 Å². The summed E-state index contributed by atoms with van der Waals surface area (Å²) < 4.78 is 37.9. The third-order valence-corrected chi connectivity index (χ3v) is 4.46. The number of nitrogens with zero attached hydrogens (tertiary/aromatic N) is 1. The molecule has 0 spiro atoms. The number of anilines is 2. The maximum Gasteiger partial charge on any atom is 0.416 e. The molecule has 0 saturated carbocycles. The first kappa shape index (κ1) is 15.7. The largest absolute Gasteiger partial charge is 0.416 e. The van der Waals surface area contributed by atoms with Gasteiger partial charge in [-0.1, -0.05) is 12.1 Å². The first-order chi connectivity index (χ1) is 10.8. The van der Waals surface area contributed by atoms with Crippen LogP contribution in [0, 0.1) is 6.92 Å². The standard InChI is InChI=1S/C18H19F3N2/c1-12-10-16(22)6-7-17(12)23-9-8-14(11-23)13-2-4-15(5-3-13)18(19,20)21/h2-7,10,14H,8-9,11,22H2,1H3. The van der Waals surface area contributed by atoms with Crippen LogP contribution in [0.3, 0.4) is 0 Å². The normalized spacial score (nSPS) is 18.4. The molecule has 2 aromatic rings. The van der Waals surface area contributed by atoms with E-state index in [9.17, 15) is 13.2 Å². The van der Waals surface area contributed by atoms with E-state index in [1.165, 1.54) is 12.1 Å². The molecule has 1 unspecified atom stereocenters. The molecule has 2 nitrogen and oxygen atoms in total. The molecule has 0 aromatic heterocycles. The summed E-state index contributed by atoms with van der Waals surface area (Å²) in [5.74, 6) is 0.259. The van der Waals surface area contributed by atoms with Crippen LogP contribution in [-0.2, 0) is 6.18 Å². The van der Waals surface area contributed by atoms with E-state index in [0.717, 1.165) is 42.0 Å². The summed E-state index contributed by atoms with van der Waals surface area (Å²) >= 11 is 0. The molecule has 1 aliphatic rings. The number of hydrogen-bond acceptors (Lipinski definition) is 2. The molecule has 1 fully saturated rings. The number of halogens is 3. The van der Waals surface area contributed by atoms with Gasteiger partial charge in [-0.3, -0.25) is 0 Å². The first-order valence-corrected chi connectivity index (χ1v) is 7.63. The van der Waals surface area contributed by atoms with E-state index in [2.05, 4.69) is 4.90 Å². The van der Waals surface area contributed by atoms with Crippen LogP contribution in [0.15, 0.2) is 42.5 Å². The molecular weight excluding hydrogens is 301 g/mol. The number of nitrogens with two attached hydrogens (primary N) is 1. The van der Waals surface area contributed by atoms with E-state index in [-0.39, 0.29) is 5.92 Å². The average Bonchev–Trinajstić information content (AvgIpc) is 2.96. The topological polar surface area (TPSA) is 29.3 Å². The Balaban J connectivity index is 1.74. The Labute approximate surface area is 133 Å². The second-order valence-corrected chi connectivity index (χ2v) is 6.10. The second-order valence-electron chi connectivity index (χ2n) is 6.10. The highest BCUT2D eigenvalue weighted by Crippen LogP contribution is 2.35. The summed E-state index contributed by atoms with van der Waals surface area (Å²) in [6.45, 7) is 3.74. The van der Waals surface area contributed by atoms with Crippen molar-refractivity contribution in [1.29, 1.82) is 0 Å². The zero-order valence-corrected chi connectivity index (χ0v) is 12.9. The molecule has 3 rings (SSSR count). The Morgan fingerprint density at radius 2 is 1.78 bits per heavy atom. The van der Waals surface area contributed by atoms with E-state index >= 15 is 0 Å². The molecule has 23 heavy (non-hydrogen) atoms. The highest BCUT2D eigenvalue weighted by Gasteiger charge is 2.31. The quantitative estimate of drug-likeness (QED) is 0.820. The van der Waals surface area contributed by atoms with Gasteiger partial charge in [0.15, 0.2) is 0 Å². The van der Waals surface area contributed by atoms with Crippen molar-refractivity contribution in [3.05, 3.63) is 59.2 Å². The minimum absolute atomic E-state index is 0.259. The molecule has 1 saturated heterocycles. The van der Waals surface area contributed by atoms with Gasteiger partial charge in [0.25, 0.3) is 0 Å². The molecule has 1 heterocycles. The summed E-state index contributed by atoms with van der Waals surface area (Å²) in [6, 6.07) is 11.4. The molecule has 0 radical (unpaired) electrons. The Bertz CT molecular complexity index is 692. The predicted octanol–water partition coefficient (Wildman–Crippen LogP) is 4.59. The van der Waals surface area contributed by atoms with Gasteiger partial charge in [0.1, 0.15) is 0 Å². The van der Waals surface area contributed by atoms with E-state index in [1.807, 2.05) is 25.1 Å². The fourth-order valence-electron chi connectivity index (χ4n) is 3.23.